The third-order valence-corrected chi connectivity index (χ3v) is 3.14. The van der Waals surface area contributed by atoms with Gasteiger partial charge in [0.15, 0.2) is 0 Å². The molecule has 1 amide bonds. The molecular formula is C11H22N2O3S. The quantitative estimate of drug-likeness (QED) is 0.598. The van der Waals surface area contributed by atoms with Gasteiger partial charge in [0.2, 0.25) is 5.91 Å². The van der Waals surface area contributed by atoms with Crippen LogP contribution in [0.2, 0.25) is 0 Å². The molecule has 0 aliphatic heterocycles. The van der Waals surface area contributed by atoms with Crippen molar-refractivity contribution in [2.24, 2.45) is 11.7 Å². The van der Waals surface area contributed by atoms with E-state index >= 15 is 0 Å². The number of carboxylic acids is 1. The van der Waals surface area contributed by atoms with Crippen molar-refractivity contribution in [3.63, 3.8) is 0 Å². The van der Waals surface area contributed by atoms with E-state index in [0.29, 0.717) is 6.42 Å². The van der Waals surface area contributed by atoms with Gasteiger partial charge in [0.05, 0.1) is 12.5 Å². The Bertz CT molecular complexity index is 259. The van der Waals surface area contributed by atoms with Gasteiger partial charge in [-0.2, -0.15) is 11.8 Å². The molecule has 0 aliphatic rings. The lowest BCUT2D eigenvalue weighted by Crippen LogP contribution is -2.48. The summed E-state index contributed by atoms with van der Waals surface area (Å²) in [7, 11) is 0. The molecule has 0 heterocycles. The lowest BCUT2D eigenvalue weighted by Gasteiger charge is -2.22. The fourth-order valence-electron chi connectivity index (χ4n) is 1.31. The monoisotopic (exact) mass is 262 g/mol. The van der Waals surface area contributed by atoms with Crippen LogP contribution in [0.25, 0.3) is 0 Å². The third-order valence-electron chi connectivity index (χ3n) is 2.50. The summed E-state index contributed by atoms with van der Waals surface area (Å²) in [6.07, 6.45) is 2.48. The molecule has 4 N–H and O–H groups in total. The van der Waals surface area contributed by atoms with E-state index in [1.54, 1.807) is 11.8 Å². The maximum absolute atomic E-state index is 11.7. The lowest BCUT2D eigenvalue weighted by atomic mass is 10.0. The molecule has 0 radical (unpaired) electrons. The van der Waals surface area contributed by atoms with Gasteiger partial charge in [-0.05, 0) is 24.3 Å². The number of hydrogen-bond donors (Lipinski definition) is 3. The molecular weight excluding hydrogens is 240 g/mol. The minimum absolute atomic E-state index is 0.0708. The van der Waals surface area contributed by atoms with Gasteiger partial charge in [-0.25, -0.2) is 0 Å². The molecule has 6 heteroatoms. The molecule has 0 aliphatic carbocycles. The highest BCUT2D eigenvalue weighted by Gasteiger charge is 2.22. The Morgan fingerprint density at radius 1 is 1.41 bits per heavy atom. The zero-order valence-electron chi connectivity index (χ0n) is 10.6. The smallest absolute Gasteiger partial charge is 0.305 e. The maximum atomic E-state index is 11.7. The van der Waals surface area contributed by atoms with E-state index in [9.17, 15) is 9.59 Å². The molecule has 0 aromatic carbocycles. The highest BCUT2D eigenvalue weighted by atomic mass is 32.2. The second-order valence-corrected chi connectivity index (χ2v) is 5.33. The summed E-state index contributed by atoms with van der Waals surface area (Å²) in [6, 6.07) is -0.919. The zero-order chi connectivity index (χ0) is 13.4. The van der Waals surface area contributed by atoms with Crippen LogP contribution in [0.5, 0.6) is 0 Å². The standard InChI is InChI=1S/C11H22N2O3S/c1-7(2)9(6-10(14)15)13-11(16)8(12)4-5-17-3/h7-9H,4-6,12H2,1-3H3,(H,13,16)(H,14,15)/t8-,9?/m0/s1. The molecule has 5 nitrogen and oxygen atoms in total. The Kier molecular flexibility index (Phi) is 7.99. The van der Waals surface area contributed by atoms with Crippen LogP contribution in [-0.4, -0.2) is 41.1 Å². The number of aliphatic carboxylic acids is 1. The summed E-state index contributed by atoms with van der Waals surface area (Å²) in [6.45, 7) is 3.75. The van der Waals surface area contributed by atoms with E-state index in [-0.39, 0.29) is 24.3 Å². The van der Waals surface area contributed by atoms with Crippen molar-refractivity contribution in [1.82, 2.24) is 5.32 Å². The van der Waals surface area contributed by atoms with Crippen LogP contribution in [0.4, 0.5) is 0 Å². The van der Waals surface area contributed by atoms with E-state index in [1.165, 1.54) is 0 Å². The molecule has 2 atom stereocenters. The molecule has 1 unspecified atom stereocenters. The van der Waals surface area contributed by atoms with E-state index < -0.39 is 12.0 Å². The minimum Gasteiger partial charge on any atom is -0.481 e. The highest BCUT2D eigenvalue weighted by Crippen LogP contribution is 2.07. The van der Waals surface area contributed by atoms with Crippen molar-refractivity contribution in [3.05, 3.63) is 0 Å². The summed E-state index contributed by atoms with van der Waals surface area (Å²) in [5.74, 6) is -0.289. The second kappa shape index (κ2) is 8.36. The first-order chi connectivity index (χ1) is 7.88. The largest absolute Gasteiger partial charge is 0.481 e. The van der Waals surface area contributed by atoms with Gasteiger partial charge in [-0.1, -0.05) is 13.8 Å². The van der Waals surface area contributed by atoms with Crippen LogP contribution in [-0.2, 0) is 9.59 Å². The highest BCUT2D eigenvalue weighted by molar-refractivity contribution is 7.98. The van der Waals surface area contributed by atoms with Crippen LogP contribution < -0.4 is 11.1 Å². The SMILES string of the molecule is CSCC[C@H](N)C(=O)NC(CC(=O)O)C(C)C. The van der Waals surface area contributed by atoms with Crippen LogP contribution in [0.1, 0.15) is 26.7 Å². The summed E-state index contributed by atoms with van der Waals surface area (Å²) in [5.41, 5.74) is 5.71. The minimum atomic E-state index is -0.915. The summed E-state index contributed by atoms with van der Waals surface area (Å²) in [4.78, 5) is 22.4. The number of carbonyl (C=O) groups is 2. The summed E-state index contributed by atoms with van der Waals surface area (Å²) in [5, 5.41) is 11.4. The van der Waals surface area contributed by atoms with Crippen molar-refractivity contribution in [2.75, 3.05) is 12.0 Å². The van der Waals surface area contributed by atoms with Crippen molar-refractivity contribution >= 4 is 23.6 Å². The second-order valence-electron chi connectivity index (χ2n) is 4.34. The van der Waals surface area contributed by atoms with Crippen molar-refractivity contribution in [1.29, 1.82) is 0 Å². The van der Waals surface area contributed by atoms with E-state index in [0.717, 1.165) is 5.75 Å². The normalized spacial score (nSPS) is 14.4. The van der Waals surface area contributed by atoms with Gasteiger partial charge in [-0.15, -0.1) is 0 Å². The van der Waals surface area contributed by atoms with Crippen LogP contribution in [0.3, 0.4) is 0 Å². The molecule has 0 aromatic heterocycles. The maximum Gasteiger partial charge on any atom is 0.305 e. The first-order valence-corrected chi connectivity index (χ1v) is 7.04. The third kappa shape index (κ3) is 7.23. The number of nitrogens with one attached hydrogen (secondary N) is 1. The molecule has 0 spiro atoms. The fraction of sp³-hybridized carbons (Fsp3) is 0.818. The number of carboxylic acid groups (broad SMARTS) is 1. The fourth-order valence-corrected chi connectivity index (χ4v) is 1.80. The van der Waals surface area contributed by atoms with Crippen molar-refractivity contribution in [3.8, 4) is 0 Å². The number of carbonyl (C=O) groups excluding carboxylic acids is 1. The lowest BCUT2D eigenvalue weighted by molar-refractivity contribution is -0.138. The van der Waals surface area contributed by atoms with Gasteiger partial charge in [0.1, 0.15) is 0 Å². The molecule has 0 aromatic rings. The van der Waals surface area contributed by atoms with Gasteiger partial charge < -0.3 is 16.2 Å². The Balaban J connectivity index is 4.24. The first-order valence-electron chi connectivity index (χ1n) is 5.65. The number of rotatable bonds is 8. The predicted octanol–water partition coefficient (Wildman–Crippen LogP) is 0.682. The predicted molar refractivity (Wildman–Crippen MR) is 70.0 cm³/mol. The zero-order valence-corrected chi connectivity index (χ0v) is 11.4. The van der Waals surface area contributed by atoms with Crippen LogP contribution >= 0.6 is 11.8 Å². The Hall–Kier alpha value is -0.750. The topological polar surface area (TPSA) is 92.4 Å². The van der Waals surface area contributed by atoms with E-state index in [2.05, 4.69) is 5.32 Å². The Morgan fingerprint density at radius 2 is 2.00 bits per heavy atom. The number of nitrogens with two attached hydrogens (primary N) is 1. The molecule has 0 rings (SSSR count). The van der Waals surface area contributed by atoms with Gasteiger partial charge >= 0.3 is 5.97 Å². The molecule has 100 valence electrons. The number of thioether (sulfide) groups is 1. The first kappa shape index (κ1) is 16.2. The van der Waals surface area contributed by atoms with Gasteiger partial charge in [0.25, 0.3) is 0 Å². The van der Waals surface area contributed by atoms with Crippen molar-refractivity contribution < 1.29 is 14.7 Å². The molecule has 0 bridgehead atoms. The summed E-state index contributed by atoms with van der Waals surface area (Å²) < 4.78 is 0. The average Bonchev–Trinajstić information content (AvgIpc) is 2.23. The van der Waals surface area contributed by atoms with Gasteiger partial charge in [0, 0.05) is 6.04 Å². The molecule has 0 saturated heterocycles. The Labute approximate surface area is 107 Å². The van der Waals surface area contributed by atoms with Crippen LogP contribution in [0, 0.1) is 5.92 Å². The molecule has 0 saturated carbocycles. The summed E-state index contributed by atoms with van der Waals surface area (Å²) >= 11 is 1.63. The number of hydrogen-bond acceptors (Lipinski definition) is 4. The van der Waals surface area contributed by atoms with Crippen LogP contribution in [0.15, 0.2) is 0 Å². The van der Waals surface area contributed by atoms with E-state index in [1.807, 2.05) is 20.1 Å². The Morgan fingerprint density at radius 3 is 2.41 bits per heavy atom. The van der Waals surface area contributed by atoms with Crippen molar-refractivity contribution in [2.45, 2.75) is 38.8 Å². The van der Waals surface area contributed by atoms with E-state index in [4.69, 9.17) is 10.8 Å². The number of amides is 1. The molecule has 17 heavy (non-hydrogen) atoms. The molecule has 0 fully saturated rings. The van der Waals surface area contributed by atoms with Gasteiger partial charge in [-0.3, -0.25) is 9.59 Å². The average molecular weight is 262 g/mol.